The molecule has 1 amide bonds. The van der Waals surface area contributed by atoms with E-state index in [2.05, 4.69) is 48.5 Å². The maximum absolute atomic E-state index is 12.9. The van der Waals surface area contributed by atoms with E-state index in [4.69, 9.17) is 9.47 Å². The molecule has 3 rings (SSSR count). The lowest BCUT2D eigenvalue weighted by atomic mass is 9.87. The number of ether oxygens (including phenoxy) is 2. The predicted molar refractivity (Wildman–Crippen MR) is 131 cm³/mol. The smallest absolute Gasteiger partial charge is 0.220 e. The number of para-hydroxylation sites is 1. The third kappa shape index (κ3) is 5.45. The molecule has 5 heteroatoms. The number of hydrogen-bond donors (Lipinski definition) is 2. The molecule has 0 saturated heterocycles. The van der Waals surface area contributed by atoms with E-state index in [0.29, 0.717) is 17.9 Å². The van der Waals surface area contributed by atoms with Gasteiger partial charge in [0.2, 0.25) is 5.91 Å². The number of carbonyl (C=O) groups is 1. The summed E-state index contributed by atoms with van der Waals surface area (Å²) in [5, 5.41) is 4.29. The predicted octanol–water partition coefficient (Wildman–Crippen LogP) is 5.97. The Bertz CT molecular complexity index is 1020. The highest BCUT2D eigenvalue weighted by molar-refractivity contribution is 5.88. The van der Waals surface area contributed by atoms with E-state index in [0.717, 1.165) is 42.5 Å². The summed E-state index contributed by atoms with van der Waals surface area (Å²) in [4.78, 5) is 16.4. The zero-order chi connectivity index (χ0) is 22.9. The maximum Gasteiger partial charge on any atom is 0.220 e. The van der Waals surface area contributed by atoms with Crippen LogP contribution in [0, 0.1) is 0 Å². The van der Waals surface area contributed by atoms with Crippen molar-refractivity contribution in [1.82, 2.24) is 10.3 Å². The molecule has 1 heterocycles. The van der Waals surface area contributed by atoms with E-state index < -0.39 is 0 Å². The van der Waals surface area contributed by atoms with Crippen LogP contribution in [0.2, 0.25) is 0 Å². The quantitative estimate of drug-likeness (QED) is 0.344. The van der Waals surface area contributed by atoms with Gasteiger partial charge >= 0.3 is 0 Å². The van der Waals surface area contributed by atoms with E-state index in [-0.39, 0.29) is 11.8 Å². The van der Waals surface area contributed by atoms with E-state index in [1.54, 1.807) is 14.2 Å². The van der Waals surface area contributed by atoms with Gasteiger partial charge in [0, 0.05) is 36.0 Å². The minimum atomic E-state index is -0.0914. The molecule has 0 bridgehead atoms. The Balaban J connectivity index is 1.93. The first-order valence-electron chi connectivity index (χ1n) is 11.7. The molecule has 1 atom stereocenters. The maximum atomic E-state index is 12.9. The number of nitrogens with one attached hydrogen (secondary N) is 2. The lowest BCUT2D eigenvalue weighted by molar-refractivity contribution is -0.121. The molecule has 1 unspecified atom stereocenters. The van der Waals surface area contributed by atoms with Crippen LogP contribution >= 0.6 is 0 Å². The highest BCUT2D eigenvalue weighted by Crippen LogP contribution is 2.38. The summed E-state index contributed by atoms with van der Waals surface area (Å²) >= 11 is 0. The Kier molecular flexibility index (Phi) is 8.60. The molecule has 0 spiro atoms. The van der Waals surface area contributed by atoms with Gasteiger partial charge in [-0.25, -0.2) is 0 Å². The summed E-state index contributed by atoms with van der Waals surface area (Å²) in [6.07, 6.45) is 7.96. The summed E-state index contributed by atoms with van der Waals surface area (Å²) in [6, 6.07) is 12.3. The molecule has 1 aromatic heterocycles. The van der Waals surface area contributed by atoms with Crippen molar-refractivity contribution < 1.29 is 14.3 Å². The number of hydrogen-bond acceptors (Lipinski definition) is 3. The summed E-state index contributed by atoms with van der Waals surface area (Å²) in [7, 11) is 3.27. The van der Waals surface area contributed by atoms with Crippen LogP contribution in [0.5, 0.6) is 11.5 Å². The largest absolute Gasteiger partial charge is 0.493 e. The van der Waals surface area contributed by atoms with Crippen LogP contribution in [0.4, 0.5) is 0 Å². The molecule has 5 nitrogen and oxygen atoms in total. The summed E-state index contributed by atoms with van der Waals surface area (Å²) < 4.78 is 11.0. The van der Waals surface area contributed by atoms with Gasteiger partial charge in [-0.15, -0.1) is 0 Å². The normalized spacial score (nSPS) is 12.0. The second-order valence-corrected chi connectivity index (χ2v) is 8.22. The van der Waals surface area contributed by atoms with Gasteiger partial charge in [-0.05, 0) is 41.7 Å². The highest BCUT2D eigenvalue weighted by atomic mass is 16.5. The van der Waals surface area contributed by atoms with E-state index >= 15 is 0 Å². The fourth-order valence-electron chi connectivity index (χ4n) is 4.34. The number of unbranched alkanes of at least 4 members (excludes halogenated alkanes) is 3. The molecule has 0 aliphatic carbocycles. The molecule has 32 heavy (non-hydrogen) atoms. The molecule has 2 N–H and O–H groups in total. The first kappa shape index (κ1) is 23.7. The molecular weight excluding hydrogens is 400 g/mol. The highest BCUT2D eigenvalue weighted by Gasteiger charge is 2.23. The van der Waals surface area contributed by atoms with Gasteiger partial charge in [0.05, 0.1) is 14.2 Å². The number of aryl methyl sites for hydroxylation is 1. The van der Waals surface area contributed by atoms with Crippen molar-refractivity contribution >= 4 is 16.8 Å². The topological polar surface area (TPSA) is 63.4 Å². The van der Waals surface area contributed by atoms with Crippen molar-refractivity contribution in [1.29, 1.82) is 0 Å². The fraction of sp³-hybridized carbons (Fsp3) is 0.444. The van der Waals surface area contributed by atoms with Crippen LogP contribution in [0.15, 0.2) is 42.6 Å². The van der Waals surface area contributed by atoms with Gasteiger partial charge in [0.25, 0.3) is 0 Å². The molecule has 0 radical (unpaired) electrons. The molecular formula is C27H36N2O3. The Morgan fingerprint density at radius 1 is 1.03 bits per heavy atom. The molecule has 0 saturated carbocycles. The van der Waals surface area contributed by atoms with Gasteiger partial charge < -0.3 is 19.8 Å². The van der Waals surface area contributed by atoms with Crippen molar-refractivity contribution in [3.63, 3.8) is 0 Å². The first-order chi connectivity index (χ1) is 15.6. The second-order valence-electron chi connectivity index (χ2n) is 8.22. The molecule has 0 fully saturated rings. The number of methoxy groups -OCH3 is 2. The lowest BCUT2D eigenvalue weighted by Crippen LogP contribution is -2.26. The minimum Gasteiger partial charge on any atom is -0.493 e. The van der Waals surface area contributed by atoms with Crippen molar-refractivity contribution in [2.75, 3.05) is 20.8 Å². The molecule has 0 aliphatic heterocycles. The van der Waals surface area contributed by atoms with Gasteiger partial charge in [-0.2, -0.15) is 0 Å². The van der Waals surface area contributed by atoms with E-state index in [1.165, 1.54) is 23.8 Å². The van der Waals surface area contributed by atoms with Gasteiger partial charge in [-0.1, -0.05) is 57.4 Å². The fourth-order valence-corrected chi connectivity index (χ4v) is 4.34. The van der Waals surface area contributed by atoms with Crippen molar-refractivity contribution in [3.8, 4) is 11.5 Å². The van der Waals surface area contributed by atoms with Gasteiger partial charge in [0.1, 0.15) is 0 Å². The molecule has 172 valence electrons. The SMILES string of the molecule is CCCCCCNC(=O)CC(c1ccc(OC)c(OC)c1)c1c[nH]c2c(CC)cccc12. The van der Waals surface area contributed by atoms with Crippen molar-refractivity contribution in [2.24, 2.45) is 0 Å². The molecule has 2 aromatic carbocycles. The number of benzene rings is 2. The number of rotatable bonds is 12. The standard InChI is InChI=1S/C27H36N2O3/c1-5-7-8-9-15-28-26(30)17-22(20-13-14-24(31-3)25(16-20)32-4)23-18-29-27-19(6-2)11-10-12-21(23)27/h10-14,16,18,22,29H,5-9,15,17H2,1-4H3,(H,28,30). The number of fused-ring (bicyclic) bond motifs is 1. The molecule has 3 aromatic rings. The van der Waals surface area contributed by atoms with Gasteiger partial charge in [-0.3, -0.25) is 4.79 Å². The summed E-state index contributed by atoms with van der Waals surface area (Å²) in [6.45, 7) is 5.08. The summed E-state index contributed by atoms with van der Waals surface area (Å²) in [5.41, 5.74) is 4.59. The van der Waals surface area contributed by atoms with Crippen LogP contribution < -0.4 is 14.8 Å². The average molecular weight is 437 g/mol. The van der Waals surface area contributed by atoms with E-state index in [9.17, 15) is 4.79 Å². The average Bonchev–Trinajstić information content (AvgIpc) is 3.26. The number of aromatic amines is 1. The van der Waals surface area contributed by atoms with Crippen molar-refractivity contribution in [3.05, 3.63) is 59.3 Å². The van der Waals surface area contributed by atoms with Crippen LogP contribution in [-0.4, -0.2) is 31.7 Å². The third-order valence-corrected chi connectivity index (χ3v) is 6.14. The van der Waals surface area contributed by atoms with Crippen LogP contribution in [0.1, 0.15) is 68.6 Å². The number of aromatic nitrogens is 1. The first-order valence-corrected chi connectivity index (χ1v) is 11.7. The monoisotopic (exact) mass is 436 g/mol. The number of carbonyl (C=O) groups excluding carboxylic acids is 1. The Morgan fingerprint density at radius 3 is 2.56 bits per heavy atom. The minimum absolute atomic E-state index is 0.0716. The van der Waals surface area contributed by atoms with Crippen molar-refractivity contribution in [2.45, 2.75) is 58.3 Å². The summed E-state index contributed by atoms with van der Waals surface area (Å²) in [5.74, 6) is 1.33. The number of amides is 1. The zero-order valence-electron chi connectivity index (χ0n) is 19.8. The van der Waals surface area contributed by atoms with Crippen LogP contribution in [-0.2, 0) is 11.2 Å². The lowest BCUT2D eigenvalue weighted by Gasteiger charge is -2.19. The van der Waals surface area contributed by atoms with Gasteiger partial charge in [0.15, 0.2) is 11.5 Å². The van der Waals surface area contributed by atoms with Crippen LogP contribution in [0.3, 0.4) is 0 Å². The third-order valence-electron chi connectivity index (χ3n) is 6.14. The second kappa shape index (κ2) is 11.6. The Hall–Kier alpha value is -2.95. The molecule has 0 aliphatic rings. The Labute approximate surface area is 191 Å². The zero-order valence-corrected chi connectivity index (χ0v) is 19.8. The number of H-pyrrole nitrogens is 1. The van der Waals surface area contributed by atoms with Crippen LogP contribution in [0.25, 0.3) is 10.9 Å². The van der Waals surface area contributed by atoms with E-state index in [1.807, 2.05) is 18.2 Å². The Morgan fingerprint density at radius 2 is 1.84 bits per heavy atom.